The van der Waals surface area contributed by atoms with Gasteiger partial charge in [0.25, 0.3) is 0 Å². The minimum atomic E-state index is -3.83. The van der Waals surface area contributed by atoms with Gasteiger partial charge in [0.2, 0.25) is 15.9 Å². The van der Waals surface area contributed by atoms with Crippen molar-refractivity contribution >= 4 is 31.9 Å². The summed E-state index contributed by atoms with van der Waals surface area (Å²) >= 11 is 3.28. The van der Waals surface area contributed by atoms with Gasteiger partial charge in [-0.3, -0.25) is 4.79 Å². The number of sulfonamides is 1. The van der Waals surface area contributed by atoms with Crippen LogP contribution < -0.4 is 5.73 Å². The van der Waals surface area contributed by atoms with Gasteiger partial charge in [-0.15, -0.1) is 0 Å². The predicted molar refractivity (Wildman–Crippen MR) is 76.6 cm³/mol. The number of carbonyl (C=O) groups is 1. The second kappa shape index (κ2) is 5.80. The van der Waals surface area contributed by atoms with Gasteiger partial charge in [-0.1, -0.05) is 28.1 Å². The van der Waals surface area contributed by atoms with Crippen molar-refractivity contribution in [3.05, 3.63) is 29.8 Å². The maximum atomic E-state index is 12.5. The van der Waals surface area contributed by atoms with E-state index in [1.165, 1.54) is 12.1 Å². The first-order valence-corrected chi connectivity index (χ1v) is 8.56. The monoisotopic (exact) mass is 362 g/mol. The van der Waals surface area contributed by atoms with Gasteiger partial charge in [-0.2, -0.15) is 4.31 Å². The molecule has 0 bridgehead atoms. The van der Waals surface area contributed by atoms with Crippen LogP contribution in [-0.2, 0) is 20.1 Å². The molecule has 2 rings (SSSR count). The summed E-state index contributed by atoms with van der Waals surface area (Å²) in [6, 6.07) is 5.34. The first-order chi connectivity index (χ1) is 9.36. The molecule has 1 aliphatic heterocycles. The molecule has 1 aromatic rings. The van der Waals surface area contributed by atoms with Gasteiger partial charge < -0.3 is 10.8 Å². The summed E-state index contributed by atoms with van der Waals surface area (Å²) in [4.78, 5) is 11.4. The number of primary amides is 1. The number of carbonyl (C=O) groups excluding carboxylic acids is 1. The lowest BCUT2D eigenvalue weighted by Gasteiger charge is -2.21. The number of benzene rings is 1. The Morgan fingerprint density at radius 3 is 2.50 bits per heavy atom. The van der Waals surface area contributed by atoms with E-state index in [9.17, 15) is 18.3 Å². The lowest BCUT2D eigenvalue weighted by Crippen LogP contribution is -2.43. The normalized spacial score (nSPS) is 23.9. The quantitative estimate of drug-likeness (QED) is 0.746. The van der Waals surface area contributed by atoms with Crippen molar-refractivity contribution in [2.75, 3.05) is 6.54 Å². The molecule has 1 fully saturated rings. The Hall–Kier alpha value is -0.960. The van der Waals surface area contributed by atoms with Crippen molar-refractivity contribution in [3.8, 4) is 0 Å². The molecule has 0 saturated carbocycles. The SMILES string of the molecule is NC(=O)C1CC(O)CN1S(=O)(=O)c1ccc(CBr)cc1. The highest BCUT2D eigenvalue weighted by atomic mass is 79.9. The highest BCUT2D eigenvalue weighted by molar-refractivity contribution is 9.08. The molecular formula is C12H15BrN2O4S. The van der Waals surface area contributed by atoms with Crippen LogP contribution in [0.25, 0.3) is 0 Å². The number of alkyl halides is 1. The molecule has 6 nitrogen and oxygen atoms in total. The van der Waals surface area contributed by atoms with E-state index in [0.717, 1.165) is 9.87 Å². The largest absolute Gasteiger partial charge is 0.392 e. The van der Waals surface area contributed by atoms with E-state index in [2.05, 4.69) is 15.9 Å². The topological polar surface area (TPSA) is 101 Å². The van der Waals surface area contributed by atoms with E-state index in [1.54, 1.807) is 12.1 Å². The number of halogens is 1. The van der Waals surface area contributed by atoms with Crippen molar-refractivity contribution in [1.82, 2.24) is 4.31 Å². The van der Waals surface area contributed by atoms with Crippen LogP contribution in [0.1, 0.15) is 12.0 Å². The summed E-state index contributed by atoms with van der Waals surface area (Å²) in [6.07, 6.45) is -0.835. The number of β-amino-alcohol motifs (C(OH)–C–C–N with tert-alkyl or cyclic N) is 1. The third-order valence-corrected chi connectivity index (χ3v) is 5.78. The number of nitrogens with zero attached hydrogens (tertiary/aromatic N) is 1. The van der Waals surface area contributed by atoms with Crippen LogP contribution in [0.15, 0.2) is 29.2 Å². The molecule has 1 aliphatic rings. The fraction of sp³-hybridized carbons (Fsp3) is 0.417. The zero-order valence-corrected chi connectivity index (χ0v) is 13.0. The van der Waals surface area contributed by atoms with E-state index in [1.807, 2.05) is 0 Å². The molecule has 1 aromatic carbocycles. The predicted octanol–water partition coefficient (Wildman–Crippen LogP) is 0.191. The first-order valence-electron chi connectivity index (χ1n) is 6.00. The summed E-state index contributed by atoms with van der Waals surface area (Å²) in [5.74, 6) is -0.748. The molecule has 8 heteroatoms. The lowest BCUT2D eigenvalue weighted by atomic mass is 10.2. The maximum Gasteiger partial charge on any atom is 0.243 e. The van der Waals surface area contributed by atoms with E-state index < -0.39 is 28.1 Å². The summed E-state index contributed by atoms with van der Waals surface area (Å²) in [5, 5.41) is 10.2. The second-order valence-corrected chi connectivity index (χ2v) is 7.11. The smallest absolute Gasteiger partial charge is 0.243 e. The van der Waals surface area contributed by atoms with Crippen LogP contribution in [0, 0.1) is 0 Å². The van der Waals surface area contributed by atoms with Crippen molar-refractivity contribution in [2.45, 2.75) is 28.8 Å². The number of aliphatic hydroxyl groups is 1. The minimum Gasteiger partial charge on any atom is -0.392 e. The van der Waals surface area contributed by atoms with Crippen molar-refractivity contribution in [2.24, 2.45) is 5.73 Å². The van der Waals surface area contributed by atoms with E-state index in [4.69, 9.17) is 5.73 Å². The molecule has 0 spiro atoms. The number of rotatable bonds is 4. The summed E-state index contributed by atoms with van der Waals surface area (Å²) in [6.45, 7) is -0.115. The van der Waals surface area contributed by atoms with Crippen LogP contribution in [-0.4, -0.2) is 42.4 Å². The van der Waals surface area contributed by atoms with Gasteiger partial charge in [0.15, 0.2) is 0 Å². The van der Waals surface area contributed by atoms with E-state index in [-0.39, 0.29) is 17.9 Å². The Morgan fingerprint density at radius 2 is 2.00 bits per heavy atom. The zero-order chi connectivity index (χ0) is 14.9. The van der Waals surface area contributed by atoms with Gasteiger partial charge in [0, 0.05) is 18.3 Å². The van der Waals surface area contributed by atoms with Crippen LogP contribution in [0.2, 0.25) is 0 Å². The Bertz CT molecular complexity index is 602. The van der Waals surface area contributed by atoms with Crippen LogP contribution >= 0.6 is 15.9 Å². The molecule has 1 heterocycles. The van der Waals surface area contributed by atoms with Crippen LogP contribution in [0.5, 0.6) is 0 Å². The van der Waals surface area contributed by atoms with Gasteiger partial charge >= 0.3 is 0 Å². The Labute approximate surface area is 125 Å². The lowest BCUT2D eigenvalue weighted by molar-refractivity contribution is -0.121. The molecule has 0 aliphatic carbocycles. The molecule has 3 N–H and O–H groups in total. The van der Waals surface area contributed by atoms with Gasteiger partial charge in [-0.05, 0) is 17.7 Å². The fourth-order valence-corrected chi connectivity index (χ4v) is 4.21. The Kier molecular flexibility index (Phi) is 4.48. The third-order valence-electron chi connectivity index (χ3n) is 3.25. The highest BCUT2D eigenvalue weighted by Gasteiger charge is 2.42. The summed E-state index contributed by atoms with van der Waals surface area (Å²) in [7, 11) is -3.83. The number of hydrogen-bond acceptors (Lipinski definition) is 4. The maximum absolute atomic E-state index is 12.5. The average molecular weight is 363 g/mol. The van der Waals surface area contributed by atoms with Crippen molar-refractivity contribution in [3.63, 3.8) is 0 Å². The molecule has 0 radical (unpaired) electrons. The molecule has 2 atom stereocenters. The van der Waals surface area contributed by atoms with Crippen molar-refractivity contribution in [1.29, 1.82) is 0 Å². The van der Waals surface area contributed by atoms with Crippen LogP contribution in [0.3, 0.4) is 0 Å². The second-order valence-electron chi connectivity index (χ2n) is 4.66. The molecule has 0 aromatic heterocycles. The first kappa shape index (κ1) is 15.4. The molecule has 1 amide bonds. The average Bonchev–Trinajstić information content (AvgIpc) is 2.82. The number of aliphatic hydroxyl groups excluding tert-OH is 1. The van der Waals surface area contributed by atoms with E-state index >= 15 is 0 Å². The van der Waals surface area contributed by atoms with Crippen LogP contribution in [0.4, 0.5) is 0 Å². The number of nitrogens with two attached hydrogens (primary N) is 1. The number of hydrogen-bond donors (Lipinski definition) is 2. The molecule has 1 saturated heterocycles. The summed E-state index contributed by atoms with van der Waals surface area (Å²) < 4.78 is 26.0. The Morgan fingerprint density at radius 1 is 1.40 bits per heavy atom. The van der Waals surface area contributed by atoms with Gasteiger partial charge in [-0.25, -0.2) is 8.42 Å². The Balaban J connectivity index is 2.35. The molecule has 2 unspecified atom stereocenters. The van der Waals surface area contributed by atoms with Gasteiger partial charge in [0.1, 0.15) is 6.04 Å². The van der Waals surface area contributed by atoms with Gasteiger partial charge in [0.05, 0.1) is 11.0 Å². The fourth-order valence-electron chi connectivity index (χ4n) is 2.19. The summed E-state index contributed by atoms with van der Waals surface area (Å²) in [5.41, 5.74) is 6.15. The standard InChI is InChI=1S/C12H15BrN2O4S/c13-6-8-1-3-10(4-2-8)20(18,19)15-7-9(16)5-11(15)12(14)17/h1-4,9,11,16H,5-7H2,(H2,14,17). The van der Waals surface area contributed by atoms with Crippen molar-refractivity contribution < 1.29 is 18.3 Å². The minimum absolute atomic E-state index is 0.0358. The molecule has 110 valence electrons. The third kappa shape index (κ3) is 2.88. The molecular weight excluding hydrogens is 348 g/mol. The molecule has 20 heavy (non-hydrogen) atoms. The zero-order valence-electron chi connectivity index (χ0n) is 10.6. The number of amides is 1. The van der Waals surface area contributed by atoms with E-state index in [0.29, 0.717) is 5.33 Å². The highest BCUT2D eigenvalue weighted by Crippen LogP contribution is 2.26.